The third-order valence-electron chi connectivity index (χ3n) is 2.13. The Balaban J connectivity index is 3.28. The molecule has 0 atom stereocenters. The molecule has 0 N–H and O–H groups in total. The summed E-state index contributed by atoms with van der Waals surface area (Å²) in [7, 11) is 0. The first-order chi connectivity index (χ1) is 8.98. The Morgan fingerprint density at radius 1 is 0.750 bits per heavy atom. The Morgan fingerprint density at radius 3 is 1.45 bits per heavy atom. The molecule has 10 heteroatoms. The number of hydrogen-bond acceptors (Lipinski definition) is 2. The van der Waals surface area contributed by atoms with Crippen molar-refractivity contribution in [3.8, 4) is 0 Å². The molecule has 0 spiro atoms. The minimum absolute atomic E-state index is 2.07. The molecular formula is C10H2F8O2. The summed E-state index contributed by atoms with van der Waals surface area (Å²) >= 11 is 0. The standard InChI is InChI=1S/C10H2F8O2/c11-5-4(2(19)1-3(20)10(16,17)18)6(12)8(14)9(15)7(5)13/h1H2. The number of rotatable bonds is 3. The molecule has 0 aliphatic carbocycles. The summed E-state index contributed by atoms with van der Waals surface area (Å²) in [6, 6.07) is 0. The van der Waals surface area contributed by atoms with Crippen molar-refractivity contribution in [3.05, 3.63) is 34.6 Å². The lowest BCUT2D eigenvalue weighted by Crippen LogP contribution is -2.26. The van der Waals surface area contributed by atoms with Crippen LogP contribution >= 0.6 is 0 Å². The second kappa shape index (κ2) is 5.17. The molecule has 0 amide bonds. The first kappa shape index (κ1) is 16.1. The summed E-state index contributed by atoms with van der Waals surface area (Å²) in [5, 5.41) is 0. The Labute approximate surface area is 105 Å². The van der Waals surface area contributed by atoms with E-state index >= 15 is 0 Å². The van der Waals surface area contributed by atoms with E-state index in [4.69, 9.17) is 0 Å². The number of benzene rings is 1. The molecule has 0 saturated heterocycles. The van der Waals surface area contributed by atoms with Crippen LogP contribution < -0.4 is 0 Å². The molecule has 0 radical (unpaired) electrons. The molecule has 0 unspecified atom stereocenters. The van der Waals surface area contributed by atoms with E-state index in [0.29, 0.717) is 0 Å². The minimum Gasteiger partial charge on any atom is -0.293 e. The number of alkyl halides is 3. The fourth-order valence-electron chi connectivity index (χ4n) is 1.18. The number of ketones is 2. The molecule has 2 nitrogen and oxygen atoms in total. The predicted octanol–water partition coefficient (Wildman–Crippen LogP) is 3.09. The van der Waals surface area contributed by atoms with Gasteiger partial charge in [-0.1, -0.05) is 0 Å². The van der Waals surface area contributed by atoms with Crippen molar-refractivity contribution in [3.63, 3.8) is 0 Å². The van der Waals surface area contributed by atoms with Gasteiger partial charge in [0.05, 0.1) is 12.0 Å². The molecule has 1 aromatic carbocycles. The fraction of sp³-hybridized carbons (Fsp3) is 0.200. The number of halogens is 8. The fourth-order valence-corrected chi connectivity index (χ4v) is 1.18. The van der Waals surface area contributed by atoms with Gasteiger partial charge in [-0.15, -0.1) is 0 Å². The molecule has 20 heavy (non-hydrogen) atoms. The SMILES string of the molecule is O=C(CC(=O)C(F)(F)F)c1c(F)c(F)c(F)c(F)c1F. The van der Waals surface area contributed by atoms with Crippen LogP contribution in [0.5, 0.6) is 0 Å². The van der Waals surface area contributed by atoms with Crippen LogP contribution in [0.2, 0.25) is 0 Å². The van der Waals surface area contributed by atoms with Gasteiger partial charge in [-0.2, -0.15) is 13.2 Å². The lowest BCUT2D eigenvalue weighted by molar-refractivity contribution is -0.170. The number of Topliss-reactive ketones (excluding diaryl/α,β-unsaturated/α-hetero) is 2. The maximum Gasteiger partial charge on any atom is 0.450 e. The lowest BCUT2D eigenvalue weighted by Gasteiger charge is -2.08. The zero-order valence-corrected chi connectivity index (χ0v) is 9.05. The molecule has 1 aromatic rings. The smallest absolute Gasteiger partial charge is 0.293 e. The third-order valence-corrected chi connectivity index (χ3v) is 2.13. The van der Waals surface area contributed by atoms with Gasteiger partial charge in [-0.25, -0.2) is 22.0 Å². The second-order valence-electron chi connectivity index (χ2n) is 3.47. The number of carbonyl (C=O) groups excluding carboxylic acids is 2. The lowest BCUT2D eigenvalue weighted by atomic mass is 10.0. The van der Waals surface area contributed by atoms with Crippen molar-refractivity contribution in [1.82, 2.24) is 0 Å². The van der Waals surface area contributed by atoms with E-state index in [1.165, 1.54) is 0 Å². The van der Waals surface area contributed by atoms with E-state index in [9.17, 15) is 44.7 Å². The van der Waals surface area contributed by atoms with E-state index < -0.39 is 58.8 Å². The number of carbonyl (C=O) groups is 2. The summed E-state index contributed by atoms with van der Waals surface area (Å²) in [6.45, 7) is 0. The first-order valence-corrected chi connectivity index (χ1v) is 4.63. The highest BCUT2D eigenvalue weighted by molar-refractivity contribution is 6.09. The molecule has 0 fully saturated rings. The van der Waals surface area contributed by atoms with Gasteiger partial charge in [0.1, 0.15) is 0 Å². The molecule has 0 saturated carbocycles. The molecular weight excluding hydrogens is 304 g/mol. The predicted molar refractivity (Wildman–Crippen MR) is 46.2 cm³/mol. The van der Waals surface area contributed by atoms with E-state index in [1.54, 1.807) is 0 Å². The molecule has 0 heterocycles. The summed E-state index contributed by atoms with van der Waals surface area (Å²) in [5.41, 5.74) is -2.08. The van der Waals surface area contributed by atoms with Crippen LogP contribution in [0, 0.1) is 29.1 Å². The largest absolute Gasteiger partial charge is 0.450 e. The Morgan fingerprint density at radius 2 is 1.10 bits per heavy atom. The third kappa shape index (κ3) is 2.78. The monoisotopic (exact) mass is 306 g/mol. The first-order valence-electron chi connectivity index (χ1n) is 4.63. The normalized spacial score (nSPS) is 11.6. The highest BCUT2D eigenvalue weighted by Crippen LogP contribution is 2.25. The van der Waals surface area contributed by atoms with E-state index in [2.05, 4.69) is 0 Å². The summed E-state index contributed by atoms with van der Waals surface area (Å²) in [5.74, 6) is -17.6. The average Bonchev–Trinajstić information content (AvgIpc) is 2.33. The second-order valence-corrected chi connectivity index (χ2v) is 3.47. The van der Waals surface area contributed by atoms with Crippen molar-refractivity contribution >= 4 is 11.6 Å². The van der Waals surface area contributed by atoms with Crippen molar-refractivity contribution in [2.45, 2.75) is 12.6 Å². The van der Waals surface area contributed by atoms with Crippen LogP contribution in [0.1, 0.15) is 16.8 Å². The van der Waals surface area contributed by atoms with Gasteiger partial charge in [0.2, 0.25) is 11.6 Å². The molecule has 1 rings (SSSR count). The minimum atomic E-state index is -5.47. The molecule has 0 aromatic heterocycles. The van der Waals surface area contributed by atoms with E-state index in [1.807, 2.05) is 0 Å². The van der Waals surface area contributed by atoms with Crippen molar-refractivity contribution in [2.75, 3.05) is 0 Å². The molecule has 0 aliphatic rings. The van der Waals surface area contributed by atoms with Gasteiger partial charge >= 0.3 is 6.18 Å². The quantitative estimate of drug-likeness (QED) is 0.283. The van der Waals surface area contributed by atoms with Crippen LogP contribution in [0.15, 0.2) is 0 Å². The van der Waals surface area contributed by atoms with Gasteiger partial charge in [0.15, 0.2) is 29.1 Å². The van der Waals surface area contributed by atoms with Crippen LogP contribution in [0.3, 0.4) is 0 Å². The molecule has 110 valence electrons. The van der Waals surface area contributed by atoms with Gasteiger partial charge in [0, 0.05) is 0 Å². The summed E-state index contributed by atoms with van der Waals surface area (Å²) in [4.78, 5) is 21.6. The van der Waals surface area contributed by atoms with Gasteiger partial charge in [-0.05, 0) is 0 Å². The van der Waals surface area contributed by atoms with Gasteiger partial charge in [-0.3, -0.25) is 9.59 Å². The number of hydrogen-bond donors (Lipinski definition) is 0. The summed E-state index contributed by atoms with van der Waals surface area (Å²) in [6.07, 6.45) is -7.54. The maximum absolute atomic E-state index is 13.1. The Kier molecular flexibility index (Phi) is 4.15. The van der Waals surface area contributed by atoms with E-state index in [0.717, 1.165) is 0 Å². The van der Waals surface area contributed by atoms with Crippen molar-refractivity contribution in [1.29, 1.82) is 0 Å². The average molecular weight is 306 g/mol. The zero-order chi connectivity index (χ0) is 15.8. The van der Waals surface area contributed by atoms with Crippen LogP contribution in [-0.2, 0) is 4.79 Å². The van der Waals surface area contributed by atoms with Crippen LogP contribution in [0.25, 0.3) is 0 Å². The van der Waals surface area contributed by atoms with Crippen molar-refractivity contribution < 1.29 is 44.7 Å². The molecule has 0 bridgehead atoms. The Bertz CT molecular complexity index is 561. The highest BCUT2D eigenvalue weighted by Gasteiger charge is 2.41. The van der Waals surface area contributed by atoms with Gasteiger partial charge < -0.3 is 0 Å². The van der Waals surface area contributed by atoms with Gasteiger partial charge in [0.25, 0.3) is 0 Å². The topological polar surface area (TPSA) is 34.1 Å². The summed E-state index contributed by atoms with van der Waals surface area (Å²) < 4.78 is 99.7. The van der Waals surface area contributed by atoms with Crippen LogP contribution in [-0.4, -0.2) is 17.7 Å². The van der Waals surface area contributed by atoms with E-state index in [-0.39, 0.29) is 0 Å². The maximum atomic E-state index is 13.1. The zero-order valence-electron chi connectivity index (χ0n) is 9.05. The Hall–Kier alpha value is -2.00. The highest BCUT2D eigenvalue weighted by atomic mass is 19.4. The van der Waals surface area contributed by atoms with Crippen molar-refractivity contribution in [2.24, 2.45) is 0 Å². The van der Waals surface area contributed by atoms with Crippen LogP contribution in [0.4, 0.5) is 35.1 Å². The molecule has 0 aliphatic heterocycles.